The van der Waals surface area contributed by atoms with Crippen LogP contribution in [0.1, 0.15) is 5.56 Å². The molecule has 0 atom stereocenters. The number of hydrogen-bond donors (Lipinski definition) is 2. The van der Waals surface area contributed by atoms with Gasteiger partial charge in [-0.2, -0.15) is 0 Å². The van der Waals surface area contributed by atoms with Crippen LogP contribution in [0, 0.1) is 10.1 Å². The van der Waals surface area contributed by atoms with Gasteiger partial charge in [-0.3, -0.25) is 15.1 Å². The van der Waals surface area contributed by atoms with Crippen LogP contribution in [0.25, 0.3) is 0 Å². The van der Waals surface area contributed by atoms with E-state index >= 15 is 0 Å². The zero-order valence-electron chi connectivity index (χ0n) is 9.41. The number of anilines is 2. The fourth-order valence-corrected chi connectivity index (χ4v) is 1.39. The molecule has 0 spiro atoms. The van der Waals surface area contributed by atoms with Crippen LogP contribution in [0.5, 0.6) is 0 Å². The Balaban J connectivity index is 2.00. The predicted octanol–water partition coefficient (Wildman–Crippen LogP) is 1.58. The van der Waals surface area contributed by atoms with E-state index in [9.17, 15) is 10.1 Å². The zero-order valence-corrected chi connectivity index (χ0v) is 9.41. The molecule has 0 aliphatic rings. The highest BCUT2D eigenvalue weighted by molar-refractivity contribution is 5.40. The maximum absolute atomic E-state index is 10.5. The van der Waals surface area contributed by atoms with Crippen LogP contribution < -0.4 is 11.1 Å². The van der Waals surface area contributed by atoms with E-state index in [1.165, 1.54) is 18.3 Å². The van der Waals surface area contributed by atoms with E-state index in [2.05, 4.69) is 15.3 Å². The summed E-state index contributed by atoms with van der Waals surface area (Å²) in [5.74, 6) is 0.900. The van der Waals surface area contributed by atoms with Crippen LogP contribution in [-0.2, 0) is 6.54 Å². The highest BCUT2D eigenvalue weighted by Crippen LogP contribution is 2.13. The number of aromatic nitrogens is 2. The van der Waals surface area contributed by atoms with Crippen LogP contribution in [0.4, 0.5) is 17.3 Å². The maximum Gasteiger partial charge on any atom is 0.269 e. The molecule has 7 nitrogen and oxygen atoms in total. The van der Waals surface area contributed by atoms with E-state index in [1.807, 2.05) is 0 Å². The van der Waals surface area contributed by atoms with Gasteiger partial charge in [0.2, 0.25) is 0 Å². The van der Waals surface area contributed by atoms with E-state index in [0.717, 1.165) is 5.56 Å². The SMILES string of the molecule is Nc1cncc(NCc2ccc([N+](=O)[O-])cc2)n1. The quantitative estimate of drug-likeness (QED) is 0.625. The van der Waals surface area contributed by atoms with Gasteiger partial charge in [0.05, 0.1) is 17.3 Å². The highest BCUT2D eigenvalue weighted by Gasteiger charge is 2.03. The third-order valence-electron chi connectivity index (χ3n) is 2.27. The second kappa shape index (κ2) is 5.09. The molecule has 0 fully saturated rings. The molecule has 0 aliphatic heterocycles. The van der Waals surface area contributed by atoms with E-state index in [0.29, 0.717) is 18.2 Å². The number of non-ortho nitro benzene ring substituents is 1. The van der Waals surface area contributed by atoms with Crippen molar-refractivity contribution < 1.29 is 4.92 Å². The minimum atomic E-state index is -0.430. The largest absolute Gasteiger partial charge is 0.382 e. The van der Waals surface area contributed by atoms with Crippen molar-refractivity contribution in [3.8, 4) is 0 Å². The molecule has 0 saturated heterocycles. The van der Waals surface area contributed by atoms with Gasteiger partial charge in [-0.15, -0.1) is 0 Å². The van der Waals surface area contributed by atoms with Crippen molar-refractivity contribution in [3.63, 3.8) is 0 Å². The fourth-order valence-electron chi connectivity index (χ4n) is 1.39. The molecular formula is C11H11N5O2. The number of rotatable bonds is 4. The summed E-state index contributed by atoms with van der Waals surface area (Å²) >= 11 is 0. The Morgan fingerprint density at radius 3 is 2.61 bits per heavy atom. The van der Waals surface area contributed by atoms with Crippen molar-refractivity contribution in [2.24, 2.45) is 0 Å². The highest BCUT2D eigenvalue weighted by atomic mass is 16.6. The van der Waals surface area contributed by atoms with Gasteiger partial charge in [0.15, 0.2) is 0 Å². The topological polar surface area (TPSA) is 107 Å². The van der Waals surface area contributed by atoms with E-state index in [4.69, 9.17) is 5.73 Å². The number of nitrogens with one attached hydrogen (secondary N) is 1. The first-order valence-corrected chi connectivity index (χ1v) is 5.20. The van der Waals surface area contributed by atoms with E-state index < -0.39 is 4.92 Å². The molecule has 1 heterocycles. The lowest BCUT2D eigenvalue weighted by Crippen LogP contribution is -2.03. The second-order valence-electron chi connectivity index (χ2n) is 3.61. The number of nitrogens with two attached hydrogens (primary N) is 1. The van der Waals surface area contributed by atoms with Crippen LogP contribution in [0.2, 0.25) is 0 Å². The molecule has 3 N–H and O–H groups in total. The monoisotopic (exact) mass is 245 g/mol. The maximum atomic E-state index is 10.5. The summed E-state index contributed by atoms with van der Waals surface area (Å²) in [4.78, 5) is 18.0. The fraction of sp³-hybridized carbons (Fsp3) is 0.0909. The first-order valence-electron chi connectivity index (χ1n) is 5.20. The lowest BCUT2D eigenvalue weighted by Gasteiger charge is -2.05. The molecule has 0 bridgehead atoms. The molecule has 0 aliphatic carbocycles. The standard InChI is InChI=1S/C11H11N5O2/c12-10-6-13-7-11(15-10)14-5-8-1-3-9(4-2-8)16(17)18/h1-4,6-7H,5H2,(H3,12,14,15). The third-order valence-corrected chi connectivity index (χ3v) is 2.27. The lowest BCUT2D eigenvalue weighted by molar-refractivity contribution is -0.384. The molecule has 0 unspecified atom stereocenters. The average molecular weight is 245 g/mol. The summed E-state index contributed by atoms with van der Waals surface area (Å²) in [6.45, 7) is 0.496. The van der Waals surface area contributed by atoms with Gasteiger partial charge < -0.3 is 11.1 Å². The van der Waals surface area contributed by atoms with Gasteiger partial charge in [-0.25, -0.2) is 4.98 Å². The van der Waals surface area contributed by atoms with Crippen molar-refractivity contribution >= 4 is 17.3 Å². The van der Waals surface area contributed by atoms with Crippen molar-refractivity contribution in [3.05, 3.63) is 52.3 Å². The molecule has 1 aromatic carbocycles. The molecule has 0 amide bonds. The van der Waals surface area contributed by atoms with Gasteiger partial charge >= 0.3 is 0 Å². The Kier molecular flexibility index (Phi) is 3.33. The van der Waals surface area contributed by atoms with Gasteiger partial charge in [-0.1, -0.05) is 12.1 Å². The smallest absolute Gasteiger partial charge is 0.269 e. The van der Waals surface area contributed by atoms with Crippen LogP contribution in [0.3, 0.4) is 0 Å². The summed E-state index contributed by atoms with van der Waals surface area (Å²) in [7, 11) is 0. The Hall–Kier alpha value is -2.70. The molecule has 18 heavy (non-hydrogen) atoms. The minimum absolute atomic E-state index is 0.0718. The Labute approximate surface area is 103 Å². The van der Waals surface area contributed by atoms with E-state index in [1.54, 1.807) is 18.3 Å². The molecule has 92 valence electrons. The van der Waals surface area contributed by atoms with Crippen LogP contribution in [0.15, 0.2) is 36.7 Å². The normalized spacial score (nSPS) is 10.0. The van der Waals surface area contributed by atoms with E-state index in [-0.39, 0.29) is 5.69 Å². The summed E-state index contributed by atoms with van der Waals surface area (Å²) < 4.78 is 0. The Morgan fingerprint density at radius 2 is 2.00 bits per heavy atom. The molecule has 7 heteroatoms. The first-order chi connectivity index (χ1) is 8.65. The summed E-state index contributed by atoms with van der Waals surface area (Å²) in [6, 6.07) is 6.29. The first kappa shape index (κ1) is 11.8. The summed E-state index contributed by atoms with van der Waals surface area (Å²) in [5.41, 5.74) is 6.47. The van der Waals surface area contributed by atoms with Crippen molar-refractivity contribution in [2.75, 3.05) is 11.1 Å². The van der Waals surface area contributed by atoms with Crippen molar-refractivity contribution in [1.29, 1.82) is 0 Å². The summed E-state index contributed by atoms with van der Waals surface area (Å²) in [6.07, 6.45) is 3.01. The van der Waals surface area contributed by atoms with Crippen molar-refractivity contribution in [2.45, 2.75) is 6.54 Å². The number of nitro groups is 1. The number of nitrogens with zero attached hydrogens (tertiary/aromatic N) is 3. The van der Waals surface area contributed by atoms with Crippen LogP contribution >= 0.6 is 0 Å². The van der Waals surface area contributed by atoms with Crippen molar-refractivity contribution in [1.82, 2.24) is 9.97 Å². The van der Waals surface area contributed by atoms with Gasteiger partial charge in [0.1, 0.15) is 11.6 Å². The number of nitro benzene ring substituents is 1. The van der Waals surface area contributed by atoms with Gasteiger partial charge in [0, 0.05) is 18.7 Å². The Morgan fingerprint density at radius 1 is 1.28 bits per heavy atom. The Bertz CT molecular complexity index is 556. The zero-order chi connectivity index (χ0) is 13.0. The molecule has 2 rings (SSSR count). The van der Waals surface area contributed by atoms with Gasteiger partial charge in [0.25, 0.3) is 5.69 Å². The molecule has 0 saturated carbocycles. The van der Waals surface area contributed by atoms with Gasteiger partial charge in [-0.05, 0) is 5.56 Å². The minimum Gasteiger partial charge on any atom is -0.382 e. The number of benzene rings is 1. The molecule has 0 radical (unpaired) electrons. The molecular weight excluding hydrogens is 234 g/mol. The number of nitrogen functional groups attached to an aromatic ring is 1. The number of hydrogen-bond acceptors (Lipinski definition) is 6. The predicted molar refractivity (Wildman–Crippen MR) is 66.9 cm³/mol. The lowest BCUT2D eigenvalue weighted by atomic mass is 10.2. The second-order valence-corrected chi connectivity index (χ2v) is 3.61. The summed E-state index contributed by atoms with van der Waals surface area (Å²) in [5, 5.41) is 13.5. The third kappa shape index (κ3) is 2.91. The molecule has 1 aromatic heterocycles. The van der Waals surface area contributed by atoms with Crippen LogP contribution in [-0.4, -0.2) is 14.9 Å². The molecule has 2 aromatic rings. The average Bonchev–Trinajstić information content (AvgIpc) is 2.37.